The molecule has 0 fully saturated rings. The van der Waals surface area contributed by atoms with Crippen LogP contribution in [0.15, 0.2) is 30.3 Å². The number of hydrogen-bond donors (Lipinski definition) is 2. The fourth-order valence-electron chi connectivity index (χ4n) is 1.65. The van der Waals surface area contributed by atoms with Crippen molar-refractivity contribution >= 4 is 11.6 Å². The van der Waals surface area contributed by atoms with E-state index in [-0.39, 0.29) is 11.4 Å². The normalized spacial score (nSPS) is 10.4. The van der Waals surface area contributed by atoms with Gasteiger partial charge in [0, 0.05) is 11.3 Å². The smallest absolute Gasteiger partial charge is 0.258 e. The summed E-state index contributed by atoms with van der Waals surface area (Å²) in [6, 6.07) is 5.91. The molecule has 6 heteroatoms. The topological polar surface area (TPSA) is 49.3 Å². The molecule has 2 aromatic carbocycles. The zero-order valence-corrected chi connectivity index (χ0v) is 10.4. The van der Waals surface area contributed by atoms with Crippen molar-refractivity contribution in [1.29, 1.82) is 0 Å². The zero-order chi connectivity index (χ0) is 14.9. The number of aromatic hydroxyl groups is 1. The first-order valence-corrected chi connectivity index (χ1v) is 5.65. The van der Waals surface area contributed by atoms with E-state index < -0.39 is 28.9 Å². The molecule has 0 unspecified atom stereocenters. The van der Waals surface area contributed by atoms with Crippen molar-refractivity contribution in [2.45, 2.75) is 6.92 Å². The molecule has 2 N–H and O–H groups in total. The summed E-state index contributed by atoms with van der Waals surface area (Å²) < 4.78 is 39.3. The number of nitrogens with one attached hydrogen (secondary N) is 1. The van der Waals surface area contributed by atoms with Crippen molar-refractivity contribution in [2.75, 3.05) is 5.32 Å². The third kappa shape index (κ3) is 2.45. The molecule has 0 aliphatic heterocycles. The van der Waals surface area contributed by atoms with Gasteiger partial charge in [0.1, 0.15) is 5.75 Å². The van der Waals surface area contributed by atoms with E-state index in [4.69, 9.17) is 0 Å². The molecule has 0 saturated carbocycles. The van der Waals surface area contributed by atoms with Crippen molar-refractivity contribution in [3.63, 3.8) is 0 Å². The Labute approximate surface area is 112 Å². The number of carbonyl (C=O) groups excluding carboxylic acids is 1. The molecule has 0 aliphatic rings. The molecule has 2 rings (SSSR count). The van der Waals surface area contributed by atoms with Crippen LogP contribution in [0.1, 0.15) is 15.9 Å². The van der Waals surface area contributed by atoms with Crippen LogP contribution in [0.2, 0.25) is 0 Å². The number of benzene rings is 2. The fourth-order valence-corrected chi connectivity index (χ4v) is 1.65. The van der Waals surface area contributed by atoms with Crippen LogP contribution in [0.4, 0.5) is 18.9 Å². The summed E-state index contributed by atoms with van der Waals surface area (Å²) in [5, 5.41) is 11.8. The minimum atomic E-state index is -1.70. The predicted octanol–water partition coefficient (Wildman–Crippen LogP) is 3.37. The molecule has 0 saturated heterocycles. The number of rotatable bonds is 2. The maximum atomic E-state index is 13.5. The van der Waals surface area contributed by atoms with Crippen molar-refractivity contribution in [1.82, 2.24) is 0 Å². The minimum absolute atomic E-state index is 0.0476. The van der Waals surface area contributed by atoms with Gasteiger partial charge in [-0.1, -0.05) is 6.07 Å². The molecule has 0 aliphatic carbocycles. The van der Waals surface area contributed by atoms with Gasteiger partial charge >= 0.3 is 0 Å². The van der Waals surface area contributed by atoms with Gasteiger partial charge in [0.15, 0.2) is 17.5 Å². The number of amides is 1. The SMILES string of the molecule is Cc1c(O)cccc1NC(=O)c1ccc(F)c(F)c1F. The third-order valence-corrected chi connectivity index (χ3v) is 2.83. The monoisotopic (exact) mass is 281 g/mol. The van der Waals surface area contributed by atoms with Crippen LogP contribution >= 0.6 is 0 Å². The van der Waals surface area contributed by atoms with Crippen LogP contribution < -0.4 is 5.32 Å². The molecule has 1 amide bonds. The molecule has 104 valence electrons. The lowest BCUT2D eigenvalue weighted by atomic mass is 10.1. The molecular formula is C14H10F3NO2. The lowest BCUT2D eigenvalue weighted by Crippen LogP contribution is -2.15. The van der Waals surface area contributed by atoms with Crippen molar-refractivity contribution in [3.05, 3.63) is 58.9 Å². The Hall–Kier alpha value is -2.50. The lowest BCUT2D eigenvalue weighted by Gasteiger charge is -2.10. The van der Waals surface area contributed by atoms with E-state index in [2.05, 4.69) is 5.32 Å². The Kier molecular flexibility index (Phi) is 3.65. The Morgan fingerprint density at radius 1 is 1.10 bits per heavy atom. The Morgan fingerprint density at radius 3 is 2.50 bits per heavy atom. The summed E-state index contributed by atoms with van der Waals surface area (Å²) in [5.74, 6) is -5.61. The van der Waals surface area contributed by atoms with Gasteiger partial charge in [0.05, 0.1) is 5.56 Å². The van der Waals surface area contributed by atoms with Gasteiger partial charge in [0.25, 0.3) is 5.91 Å². The third-order valence-electron chi connectivity index (χ3n) is 2.83. The van der Waals surface area contributed by atoms with E-state index in [0.717, 1.165) is 6.07 Å². The quantitative estimate of drug-likeness (QED) is 0.829. The van der Waals surface area contributed by atoms with E-state index in [1.807, 2.05) is 0 Å². The zero-order valence-electron chi connectivity index (χ0n) is 10.4. The maximum absolute atomic E-state index is 13.5. The van der Waals surface area contributed by atoms with Gasteiger partial charge < -0.3 is 10.4 Å². The average molecular weight is 281 g/mol. The number of carbonyl (C=O) groups is 1. The number of phenolic OH excluding ortho intramolecular Hbond substituents is 1. The highest BCUT2D eigenvalue weighted by molar-refractivity contribution is 6.05. The molecule has 20 heavy (non-hydrogen) atoms. The van der Waals surface area contributed by atoms with E-state index in [1.165, 1.54) is 18.2 Å². The number of anilines is 1. The summed E-state index contributed by atoms with van der Waals surface area (Å²) in [4.78, 5) is 11.8. The van der Waals surface area contributed by atoms with E-state index in [9.17, 15) is 23.1 Å². The Bertz CT molecular complexity index is 686. The second kappa shape index (κ2) is 5.24. The molecule has 0 heterocycles. The van der Waals surface area contributed by atoms with Gasteiger partial charge in [0.2, 0.25) is 0 Å². The average Bonchev–Trinajstić information content (AvgIpc) is 2.41. The van der Waals surface area contributed by atoms with E-state index in [0.29, 0.717) is 11.6 Å². The lowest BCUT2D eigenvalue weighted by molar-refractivity contribution is 0.102. The molecule has 0 aromatic heterocycles. The molecule has 2 aromatic rings. The van der Waals surface area contributed by atoms with Crippen molar-refractivity contribution in [3.8, 4) is 5.75 Å². The summed E-state index contributed by atoms with van der Waals surface area (Å²) in [6.07, 6.45) is 0. The molecule has 0 atom stereocenters. The summed E-state index contributed by atoms with van der Waals surface area (Å²) in [7, 11) is 0. The molecule has 0 radical (unpaired) electrons. The van der Waals surface area contributed by atoms with Gasteiger partial charge in [-0.15, -0.1) is 0 Å². The van der Waals surface area contributed by atoms with E-state index >= 15 is 0 Å². The highest BCUT2D eigenvalue weighted by Gasteiger charge is 2.19. The summed E-state index contributed by atoms with van der Waals surface area (Å²) >= 11 is 0. The largest absolute Gasteiger partial charge is 0.508 e. The standard InChI is InChI=1S/C14H10F3NO2/c1-7-10(3-2-4-11(7)19)18-14(20)8-5-6-9(15)13(17)12(8)16/h2-6,19H,1H3,(H,18,20). The van der Waals surface area contributed by atoms with Crippen LogP contribution in [0.25, 0.3) is 0 Å². The van der Waals surface area contributed by atoms with Crippen LogP contribution in [0.5, 0.6) is 5.75 Å². The second-order valence-corrected chi connectivity index (χ2v) is 4.13. The minimum Gasteiger partial charge on any atom is -0.508 e. The van der Waals surface area contributed by atoms with Gasteiger partial charge in [-0.05, 0) is 31.2 Å². The highest BCUT2D eigenvalue weighted by Crippen LogP contribution is 2.25. The predicted molar refractivity (Wildman–Crippen MR) is 67.1 cm³/mol. The first-order chi connectivity index (χ1) is 9.41. The van der Waals surface area contributed by atoms with Gasteiger partial charge in [-0.25, -0.2) is 13.2 Å². The first kappa shape index (κ1) is 13.9. The highest BCUT2D eigenvalue weighted by atomic mass is 19.2. The molecular weight excluding hydrogens is 271 g/mol. The molecule has 0 bridgehead atoms. The second-order valence-electron chi connectivity index (χ2n) is 4.13. The maximum Gasteiger partial charge on any atom is 0.258 e. The number of hydrogen-bond acceptors (Lipinski definition) is 2. The van der Waals surface area contributed by atoms with Gasteiger partial charge in [-0.3, -0.25) is 4.79 Å². The van der Waals surface area contributed by atoms with Crippen LogP contribution in [0, 0.1) is 24.4 Å². The first-order valence-electron chi connectivity index (χ1n) is 5.65. The Balaban J connectivity index is 2.34. The van der Waals surface area contributed by atoms with Crippen molar-refractivity contribution < 1.29 is 23.1 Å². The number of halogens is 3. The molecule has 3 nitrogen and oxygen atoms in total. The molecule has 0 spiro atoms. The Morgan fingerprint density at radius 2 is 1.80 bits per heavy atom. The van der Waals surface area contributed by atoms with E-state index in [1.54, 1.807) is 6.92 Å². The van der Waals surface area contributed by atoms with Crippen LogP contribution in [-0.2, 0) is 0 Å². The fraction of sp³-hybridized carbons (Fsp3) is 0.0714. The van der Waals surface area contributed by atoms with Crippen molar-refractivity contribution in [2.24, 2.45) is 0 Å². The summed E-state index contributed by atoms with van der Waals surface area (Å²) in [6.45, 7) is 1.55. The number of phenols is 1. The summed E-state index contributed by atoms with van der Waals surface area (Å²) in [5.41, 5.74) is 0.00891. The van der Waals surface area contributed by atoms with Gasteiger partial charge in [-0.2, -0.15) is 0 Å². The van der Waals surface area contributed by atoms with Crippen LogP contribution in [-0.4, -0.2) is 11.0 Å². The van der Waals surface area contributed by atoms with Crippen LogP contribution in [0.3, 0.4) is 0 Å².